The zero-order valence-electron chi connectivity index (χ0n) is 10.8. The van der Waals surface area contributed by atoms with Gasteiger partial charge in [-0.15, -0.1) is 0 Å². The van der Waals surface area contributed by atoms with Crippen LogP contribution in [0.4, 0.5) is 5.69 Å². The normalized spacial score (nSPS) is 19.3. The van der Waals surface area contributed by atoms with Crippen molar-refractivity contribution in [1.82, 2.24) is 5.32 Å². The van der Waals surface area contributed by atoms with Crippen LogP contribution in [0, 0.1) is 0 Å². The van der Waals surface area contributed by atoms with E-state index < -0.39 is 9.84 Å². The summed E-state index contributed by atoms with van der Waals surface area (Å²) in [7, 11) is -3.18. The highest BCUT2D eigenvalue weighted by Gasteiger charge is 2.21. The van der Waals surface area contributed by atoms with Gasteiger partial charge in [-0.05, 0) is 43.7 Å². The molecule has 1 aliphatic rings. The fourth-order valence-corrected chi connectivity index (χ4v) is 2.93. The van der Waals surface area contributed by atoms with Crippen molar-refractivity contribution in [3.63, 3.8) is 0 Å². The van der Waals surface area contributed by atoms with Crippen LogP contribution in [0.5, 0.6) is 0 Å². The number of rotatable bonds is 4. The zero-order chi connectivity index (χ0) is 13.9. The number of nitrogens with one attached hydrogen (secondary N) is 2. The van der Waals surface area contributed by atoms with Gasteiger partial charge in [0.15, 0.2) is 9.84 Å². The van der Waals surface area contributed by atoms with Crippen LogP contribution >= 0.6 is 0 Å². The Hall–Kier alpha value is -1.40. The number of hydrogen-bond acceptors (Lipinski definition) is 4. The van der Waals surface area contributed by atoms with Crippen molar-refractivity contribution in [2.24, 2.45) is 0 Å². The van der Waals surface area contributed by atoms with Crippen LogP contribution in [0.3, 0.4) is 0 Å². The molecule has 2 rings (SSSR count). The van der Waals surface area contributed by atoms with Gasteiger partial charge >= 0.3 is 0 Å². The first-order valence-corrected chi connectivity index (χ1v) is 8.05. The minimum Gasteiger partial charge on any atom is -0.325 e. The van der Waals surface area contributed by atoms with E-state index in [1.165, 1.54) is 12.1 Å². The Morgan fingerprint density at radius 3 is 2.58 bits per heavy atom. The molecule has 2 N–H and O–H groups in total. The summed E-state index contributed by atoms with van der Waals surface area (Å²) in [4.78, 5) is 12.1. The summed E-state index contributed by atoms with van der Waals surface area (Å²) in [6.07, 6.45) is 1.85. The van der Waals surface area contributed by atoms with E-state index in [1.807, 2.05) is 0 Å². The van der Waals surface area contributed by atoms with E-state index >= 15 is 0 Å². The third kappa shape index (κ3) is 3.33. The first-order chi connectivity index (χ1) is 9.03. The molecule has 6 heteroatoms. The molecule has 0 bridgehead atoms. The number of anilines is 1. The largest absolute Gasteiger partial charge is 0.325 e. The second kappa shape index (κ2) is 5.71. The SMILES string of the molecule is CCS(=O)(=O)c1ccc(NC(=O)[C@@H]2CCCN2)cc1. The molecule has 1 aromatic carbocycles. The van der Waals surface area contributed by atoms with E-state index in [2.05, 4.69) is 10.6 Å². The van der Waals surface area contributed by atoms with E-state index in [0.717, 1.165) is 19.4 Å². The van der Waals surface area contributed by atoms with E-state index in [1.54, 1.807) is 19.1 Å². The highest BCUT2D eigenvalue weighted by molar-refractivity contribution is 7.91. The van der Waals surface area contributed by atoms with Crippen molar-refractivity contribution in [3.05, 3.63) is 24.3 Å². The highest BCUT2D eigenvalue weighted by Crippen LogP contribution is 2.16. The Morgan fingerprint density at radius 1 is 1.37 bits per heavy atom. The third-order valence-corrected chi connectivity index (χ3v) is 4.99. The number of carbonyl (C=O) groups excluding carboxylic acids is 1. The summed E-state index contributed by atoms with van der Waals surface area (Å²) in [5.74, 6) is 0.00799. The minimum atomic E-state index is -3.18. The van der Waals surface area contributed by atoms with Gasteiger partial charge in [-0.3, -0.25) is 4.79 Å². The first-order valence-electron chi connectivity index (χ1n) is 6.40. The molecule has 0 unspecified atom stereocenters. The minimum absolute atomic E-state index is 0.0661. The first kappa shape index (κ1) is 14.0. The van der Waals surface area contributed by atoms with E-state index in [0.29, 0.717) is 5.69 Å². The predicted molar refractivity (Wildman–Crippen MR) is 73.8 cm³/mol. The Kier molecular flexibility index (Phi) is 4.21. The number of sulfone groups is 1. The molecular formula is C13H18N2O3S. The van der Waals surface area contributed by atoms with Crippen LogP contribution in [0.25, 0.3) is 0 Å². The fraction of sp³-hybridized carbons (Fsp3) is 0.462. The summed E-state index contributed by atoms with van der Waals surface area (Å²) < 4.78 is 23.3. The molecule has 0 radical (unpaired) electrons. The van der Waals surface area contributed by atoms with Gasteiger partial charge in [-0.25, -0.2) is 8.42 Å². The van der Waals surface area contributed by atoms with Crippen LogP contribution in [-0.2, 0) is 14.6 Å². The Bertz CT molecular complexity index is 546. The Balaban J connectivity index is 2.04. The van der Waals surface area contributed by atoms with Crippen molar-refractivity contribution in [2.75, 3.05) is 17.6 Å². The molecule has 104 valence electrons. The number of amides is 1. The molecule has 1 amide bonds. The molecule has 0 saturated carbocycles. The summed E-state index contributed by atoms with van der Waals surface area (Å²) >= 11 is 0. The summed E-state index contributed by atoms with van der Waals surface area (Å²) in [5, 5.41) is 5.90. The van der Waals surface area contributed by atoms with Crippen molar-refractivity contribution in [3.8, 4) is 0 Å². The molecule has 19 heavy (non-hydrogen) atoms. The lowest BCUT2D eigenvalue weighted by Crippen LogP contribution is -2.35. The third-order valence-electron chi connectivity index (χ3n) is 3.24. The maximum atomic E-state index is 11.9. The molecule has 5 nitrogen and oxygen atoms in total. The monoisotopic (exact) mass is 282 g/mol. The maximum Gasteiger partial charge on any atom is 0.241 e. The van der Waals surface area contributed by atoms with Gasteiger partial charge < -0.3 is 10.6 Å². The van der Waals surface area contributed by atoms with E-state index in [-0.39, 0.29) is 22.6 Å². The average Bonchev–Trinajstić information content (AvgIpc) is 2.93. The summed E-state index contributed by atoms with van der Waals surface area (Å²) in [6, 6.07) is 6.15. The zero-order valence-corrected chi connectivity index (χ0v) is 11.7. The standard InChI is InChI=1S/C13H18N2O3S/c1-2-19(17,18)11-7-5-10(6-8-11)15-13(16)12-4-3-9-14-12/h5-8,12,14H,2-4,9H2,1H3,(H,15,16)/t12-/m0/s1. The van der Waals surface area contributed by atoms with E-state index in [4.69, 9.17) is 0 Å². The lowest BCUT2D eigenvalue weighted by Gasteiger charge is -2.11. The average molecular weight is 282 g/mol. The Morgan fingerprint density at radius 2 is 2.05 bits per heavy atom. The topological polar surface area (TPSA) is 75.3 Å². The molecule has 1 aromatic rings. The molecule has 1 heterocycles. The van der Waals surface area contributed by atoms with Crippen LogP contribution < -0.4 is 10.6 Å². The van der Waals surface area contributed by atoms with E-state index in [9.17, 15) is 13.2 Å². The fourth-order valence-electron chi connectivity index (χ4n) is 2.05. The van der Waals surface area contributed by atoms with Crippen LogP contribution in [0.2, 0.25) is 0 Å². The molecule has 1 fully saturated rings. The number of carbonyl (C=O) groups is 1. The highest BCUT2D eigenvalue weighted by atomic mass is 32.2. The van der Waals surface area contributed by atoms with Gasteiger partial charge in [0.25, 0.3) is 0 Å². The smallest absolute Gasteiger partial charge is 0.241 e. The van der Waals surface area contributed by atoms with Crippen LogP contribution in [0.15, 0.2) is 29.2 Å². The quantitative estimate of drug-likeness (QED) is 0.869. The molecule has 1 atom stereocenters. The lowest BCUT2D eigenvalue weighted by molar-refractivity contribution is -0.117. The molecule has 1 aliphatic heterocycles. The van der Waals surface area contributed by atoms with Crippen molar-refractivity contribution in [1.29, 1.82) is 0 Å². The Labute approximate surface area is 113 Å². The second-order valence-electron chi connectivity index (χ2n) is 4.57. The van der Waals surface area contributed by atoms with Crippen molar-refractivity contribution >= 4 is 21.4 Å². The van der Waals surface area contributed by atoms with Gasteiger partial charge in [0.2, 0.25) is 5.91 Å². The number of hydrogen-bond donors (Lipinski definition) is 2. The van der Waals surface area contributed by atoms with Gasteiger partial charge in [-0.1, -0.05) is 6.92 Å². The van der Waals surface area contributed by atoms with Crippen LogP contribution in [0.1, 0.15) is 19.8 Å². The van der Waals surface area contributed by atoms with Gasteiger partial charge in [0.1, 0.15) is 0 Å². The number of benzene rings is 1. The lowest BCUT2D eigenvalue weighted by atomic mass is 10.2. The predicted octanol–water partition coefficient (Wildman–Crippen LogP) is 1.17. The van der Waals surface area contributed by atoms with Gasteiger partial charge in [0.05, 0.1) is 16.7 Å². The van der Waals surface area contributed by atoms with Gasteiger partial charge in [0, 0.05) is 5.69 Å². The molecule has 1 saturated heterocycles. The molecular weight excluding hydrogens is 264 g/mol. The van der Waals surface area contributed by atoms with Gasteiger partial charge in [-0.2, -0.15) is 0 Å². The molecule has 0 aromatic heterocycles. The summed E-state index contributed by atoms with van der Waals surface area (Å²) in [6.45, 7) is 2.47. The second-order valence-corrected chi connectivity index (χ2v) is 6.84. The maximum absolute atomic E-state index is 11.9. The molecule has 0 aliphatic carbocycles. The van der Waals surface area contributed by atoms with Crippen LogP contribution in [-0.4, -0.2) is 32.7 Å². The molecule has 0 spiro atoms. The summed E-state index contributed by atoms with van der Waals surface area (Å²) in [5.41, 5.74) is 0.619. The van der Waals surface area contributed by atoms with Crippen molar-refractivity contribution in [2.45, 2.75) is 30.7 Å². The van der Waals surface area contributed by atoms with Crippen molar-refractivity contribution < 1.29 is 13.2 Å².